The zero-order valence-electron chi connectivity index (χ0n) is 10.4. The first-order chi connectivity index (χ1) is 9.39. The van der Waals surface area contributed by atoms with E-state index in [0.717, 1.165) is 18.1 Å². The van der Waals surface area contributed by atoms with Crippen LogP contribution < -0.4 is 4.74 Å². The number of benzene rings is 1. The number of hydrogen-bond acceptors (Lipinski definition) is 3. The quantitative estimate of drug-likeness (QED) is 0.850. The highest BCUT2D eigenvalue weighted by Crippen LogP contribution is 2.31. The van der Waals surface area contributed by atoms with Crippen molar-refractivity contribution in [2.24, 2.45) is 0 Å². The second-order valence-corrected chi connectivity index (χ2v) is 4.37. The van der Waals surface area contributed by atoms with Crippen molar-refractivity contribution in [3.63, 3.8) is 0 Å². The van der Waals surface area contributed by atoms with Crippen LogP contribution in [0.3, 0.4) is 0 Å². The van der Waals surface area contributed by atoms with Crippen LogP contribution in [-0.4, -0.2) is 16.3 Å². The molecule has 0 aliphatic carbocycles. The predicted molar refractivity (Wildman–Crippen MR) is 68.5 cm³/mol. The lowest BCUT2D eigenvalue weighted by Crippen LogP contribution is -2.17. The molecule has 0 aliphatic heterocycles. The fourth-order valence-electron chi connectivity index (χ4n) is 1.55. The van der Waals surface area contributed by atoms with E-state index >= 15 is 0 Å². The third-order valence-corrected chi connectivity index (χ3v) is 2.84. The molecule has 1 aromatic heterocycles. The molecule has 0 N–H and O–H groups in total. The highest BCUT2D eigenvalue weighted by Gasteiger charge is 2.31. The molecular weight excluding hydrogens is 293 g/mol. The Balaban J connectivity index is 2.29. The number of hydrogen-bond donors (Lipinski definition) is 0. The SMILES string of the molecule is CCc1cnc(-c2ccc(OC(F)(F)F)cc2Cl)nc1. The van der Waals surface area contributed by atoms with Gasteiger partial charge in [-0.15, -0.1) is 13.2 Å². The Morgan fingerprint density at radius 2 is 1.85 bits per heavy atom. The zero-order valence-corrected chi connectivity index (χ0v) is 11.2. The summed E-state index contributed by atoms with van der Waals surface area (Å²) in [6, 6.07) is 3.65. The lowest BCUT2D eigenvalue weighted by molar-refractivity contribution is -0.274. The van der Waals surface area contributed by atoms with Gasteiger partial charge in [-0.2, -0.15) is 0 Å². The smallest absolute Gasteiger partial charge is 0.406 e. The number of aromatic nitrogens is 2. The van der Waals surface area contributed by atoms with Gasteiger partial charge < -0.3 is 4.74 Å². The van der Waals surface area contributed by atoms with Crippen molar-refractivity contribution in [2.75, 3.05) is 0 Å². The molecule has 0 fully saturated rings. The van der Waals surface area contributed by atoms with Crippen LogP contribution in [0.25, 0.3) is 11.4 Å². The third kappa shape index (κ3) is 3.60. The van der Waals surface area contributed by atoms with E-state index < -0.39 is 6.36 Å². The van der Waals surface area contributed by atoms with Crippen molar-refractivity contribution >= 4 is 11.6 Å². The number of halogens is 4. The molecule has 0 radical (unpaired) electrons. The van der Waals surface area contributed by atoms with E-state index in [0.29, 0.717) is 11.4 Å². The van der Waals surface area contributed by atoms with Gasteiger partial charge in [0.15, 0.2) is 5.82 Å². The molecule has 0 saturated heterocycles. The van der Waals surface area contributed by atoms with Gasteiger partial charge in [0, 0.05) is 18.0 Å². The second-order valence-electron chi connectivity index (χ2n) is 3.96. The van der Waals surface area contributed by atoms with Crippen LogP contribution in [0, 0.1) is 0 Å². The van der Waals surface area contributed by atoms with Crippen LogP contribution in [0.1, 0.15) is 12.5 Å². The van der Waals surface area contributed by atoms with Crippen LogP contribution in [0.15, 0.2) is 30.6 Å². The lowest BCUT2D eigenvalue weighted by atomic mass is 10.2. The Bertz CT molecular complexity index is 600. The van der Waals surface area contributed by atoms with Crippen molar-refractivity contribution in [2.45, 2.75) is 19.7 Å². The molecule has 0 aliphatic rings. The van der Waals surface area contributed by atoms with E-state index in [2.05, 4.69) is 14.7 Å². The summed E-state index contributed by atoms with van der Waals surface area (Å²) in [4.78, 5) is 8.25. The van der Waals surface area contributed by atoms with Gasteiger partial charge in [0.1, 0.15) is 5.75 Å². The topological polar surface area (TPSA) is 35.0 Å². The van der Waals surface area contributed by atoms with Crippen molar-refractivity contribution in [3.05, 3.63) is 41.2 Å². The van der Waals surface area contributed by atoms with Crippen LogP contribution in [-0.2, 0) is 6.42 Å². The van der Waals surface area contributed by atoms with Gasteiger partial charge in [-0.3, -0.25) is 0 Å². The molecular formula is C13H10ClF3N2O. The predicted octanol–water partition coefficient (Wildman–Crippen LogP) is 4.26. The minimum Gasteiger partial charge on any atom is -0.406 e. The fraction of sp³-hybridized carbons (Fsp3) is 0.231. The third-order valence-electron chi connectivity index (χ3n) is 2.53. The van der Waals surface area contributed by atoms with E-state index in [1.54, 1.807) is 12.4 Å². The summed E-state index contributed by atoms with van der Waals surface area (Å²) in [7, 11) is 0. The molecule has 2 aromatic rings. The van der Waals surface area contributed by atoms with Crippen LogP contribution in [0.5, 0.6) is 5.75 Å². The highest BCUT2D eigenvalue weighted by molar-refractivity contribution is 6.33. The van der Waals surface area contributed by atoms with Crippen LogP contribution >= 0.6 is 11.6 Å². The first-order valence-corrected chi connectivity index (χ1v) is 6.13. The van der Waals surface area contributed by atoms with Gasteiger partial charge in [-0.25, -0.2) is 9.97 Å². The van der Waals surface area contributed by atoms with E-state index in [-0.39, 0.29) is 10.8 Å². The van der Waals surface area contributed by atoms with Crippen molar-refractivity contribution in [1.29, 1.82) is 0 Å². The van der Waals surface area contributed by atoms with Crippen LogP contribution in [0.4, 0.5) is 13.2 Å². The Morgan fingerprint density at radius 3 is 2.35 bits per heavy atom. The molecule has 20 heavy (non-hydrogen) atoms. The number of nitrogens with zero attached hydrogens (tertiary/aromatic N) is 2. The summed E-state index contributed by atoms with van der Waals surface area (Å²) in [5.74, 6) is -0.0258. The maximum atomic E-state index is 12.1. The van der Waals surface area contributed by atoms with Gasteiger partial charge in [-0.1, -0.05) is 18.5 Å². The summed E-state index contributed by atoms with van der Waals surface area (Å²) >= 11 is 5.94. The normalized spacial score (nSPS) is 11.4. The summed E-state index contributed by atoms with van der Waals surface area (Å²) < 4.78 is 40.1. The molecule has 0 unspecified atom stereocenters. The average molecular weight is 303 g/mol. The largest absolute Gasteiger partial charge is 0.573 e. The summed E-state index contributed by atoms with van der Waals surface area (Å²) in [5, 5.41) is 0.0935. The molecule has 0 saturated carbocycles. The number of alkyl halides is 3. The van der Waals surface area contributed by atoms with E-state index in [1.165, 1.54) is 12.1 Å². The Hall–Kier alpha value is -1.82. The zero-order chi connectivity index (χ0) is 14.8. The molecule has 0 spiro atoms. The summed E-state index contributed by atoms with van der Waals surface area (Å²) in [6.45, 7) is 1.97. The highest BCUT2D eigenvalue weighted by atomic mass is 35.5. The fourth-order valence-corrected chi connectivity index (χ4v) is 1.81. The van der Waals surface area contributed by atoms with Gasteiger partial charge >= 0.3 is 6.36 Å². The summed E-state index contributed by atoms with van der Waals surface area (Å²) in [6.07, 6.45) is -0.645. The Kier molecular flexibility index (Phi) is 4.13. The van der Waals surface area contributed by atoms with Crippen molar-refractivity contribution in [3.8, 4) is 17.1 Å². The maximum absolute atomic E-state index is 12.1. The number of rotatable bonds is 3. The molecule has 3 nitrogen and oxygen atoms in total. The average Bonchev–Trinajstić information content (AvgIpc) is 2.37. The molecule has 0 amide bonds. The Labute approximate surface area is 118 Å². The van der Waals surface area contributed by atoms with E-state index in [1.807, 2.05) is 6.92 Å². The summed E-state index contributed by atoms with van der Waals surface area (Å²) in [5.41, 5.74) is 1.41. The van der Waals surface area contributed by atoms with Gasteiger partial charge in [-0.05, 0) is 30.2 Å². The minimum absolute atomic E-state index is 0.0935. The molecule has 106 valence electrons. The monoisotopic (exact) mass is 302 g/mol. The second kappa shape index (κ2) is 5.66. The minimum atomic E-state index is -4.75. The number of ether oxygens (including phenoxy) is 1. The molecule has 1 heterocycles. The van der Waals surface area contributed by atoms with Gasteiger partial charge in [0.25, 0.3) is 0 Å². The van der Waals surface area contributed by atoms with Gasteiger partial charge in [0.2, 0.25) is 0 Å². The first kappa shape index (κ1) is 14.6. The molecule has 7 heteroatoms. The lowest BCUT2D eigenvalue weighted by Gasteiger charge is -2.10. The molecule has 0 bridgehead atoms. The van der Waals surface area contributed by atoms with Gasteiger partial charge in [0.05, 0.1) is 5.02 Å². The van der Waals surface area contributed by atoms with Crippen molar-refractivity contribution in [1.82, 2.24) is 9.97 Å². The molecule has 1 aromatic carbocycles. The maximum Gasteiger partial charge on any atom is 0.573 e. The first-order valence-electron chi connectivity index (χ1n) is 5.75. The van der Waals surface area contributed by atoms with Crippen molar-refractivity contribution < 1.29 is 17.9 Å². The van der Waals surface area contributed by atoms with E-state index in [4.69, 9.17) is 11.6 Å². The molecule has 2 rings (SSSR count). The molecule has 0 atom stereocenters. The van der Waals surface area contributed by atoms with Crippen LogP contribution in [0.2, 0.25) is 5.02 Å². The standard InChI is InChI=1S/C13H10ClF3N2O/c1-2-8-6-18-12(19-7-8)10-4-3-9(5-11(10)14)20-13(15,16)17/h3-7H,2H2,1H3. The number of aryl methyl sites for hydroxylation is 1. The van der Waals surface area contributed by atoms with E-state index in [9.17, 15) is 13.2 Å². The Morgan fingerprint density at radius 1 is 1.20 bits per heavy atom.